The van der Waals surface area contributed by atoms with Crippen LogP contribution in [0.15, 0.2) is 6.07 Å². The number of ether oxygens (including phenoxy) is 2. The fraction of sp³-hybridized carbons (Fsp3) is 0.667. The molecule has 1 N–H and O–H groups in total. The molecule has 1 unspecified atom stereocenters. The summed E-state index contributed by atoms with van der Waals surface area (Å²) in [7, 11) is 0. The van der Waals surface area contributed by atoms with Crippen molar-refractivity contribution in [2.24, 2.45) is 0 Å². The first-order valence-corrected chi connectivity index (χ1v) is 6.97. The lowest BCUT2D eigenvalue weighted by molar-refractivity contribution is -0.171. The van der Waals surface area contributed by atoms with Gasteiger partial charge in [0, 0.05) is 0 Å². The summed E-state index contributed by atoms with van der Waals surface area (Å²) < 4.78 is 11.9. The fourth-order valence-electron chi connectivity index (χ4n) is 1.63. The molecule has 0 amide bonds. The SMILES string of the molecule is CC(C)(C)OC(=O)c1cc(C(O)OC(C)(C)C)nn1CC#N. The smallest absolute Gasteiger partial charge is 0.357 e. The van der Waals surface area contributed by atoms with Crippen LogP contribution in [0, 0.1) is 11.3 Å². The number of aromatic nitrogens is 2. The highest BCUT2D eigenvalue weighted by Gasteiger charge is 2.26. The van der Waals surface area contributed by atoms with Gasteiger partial charge in [-0.3, -0.25) is 0 Å². The molecule has 0 spiro atoms. The first-order valence-electron chi connectivity index (χ1n) is 6.97. The fourth-order valence-corrected chi connectivity index (χ4v) is 1.63. The van der Waals surface area contributed by atoms with Crippen molar-refractivity contribution in [2.75, 3.05) is 0 Å². The zero-order valence-corrected chi connectivity index (χ0v) is 13.9. The van der Waals surface area contributed by atoms with E-state index in [1.54, 1.807) is 41.5 Å². The van der Waals surface area contributed by atoms with E-state index in [4.69, 9.17) is 14.7 Å². The molecule has 1 atom stereocenters. The number of esters is 1. The molecule has 0 fully saturated rings. The van der Waals surface area contributed by atoms with Gasteiger partial charge in [-0.1, -0.05) is 0 Å². The van der Waals surface area contributed by atoms with E-state index in [2.05, 4.69) is 5.10 Å². The molecular formula is C15H23N3O4. The Balaban J connectivity index is 3.08. The van der Waals surface area contributed by atoms with Crippen LogP contribution in [0.3, 0.4) is 0 Å². The second kappa shape index (κ2) is 6.46. The molecule has 0 bridgehead atoms. The molecule has 0 saturated heterocycles. The third kappa shape index (κ3) is 5.47. The van der Waals surface area contributed by atoms with E-state index < -0.39 is 23.5 Å². The standard InChI is InChI=1S/C15H23N3O4/c1-14(2,3)21-12(19)10-9-11(18(17-10)8-7-16)13(20)22-15(4,5)6/h9,12,19H,8H2,1-6H3. The molecule has 22 heavy (non-hydrogen) atoms. The normalized spacial score (nSPS) is 13.5. The van der Waals surface area contributed by atoms with Crippen molar-refractivity contribution in [2.45, 2.75) is 65.6 Å². The number of carbonyl (C=O) groups excluding carboxylic acids is 1. The highest BCUT2D eigenvalue weighted by Crippen LogP contribution is 2.22. The van der Waals surface area contributed by atoms with E-state index in [0.717, 1.165) is 0 Å². The van der Waals surface area contributed by atoms with Gasteiger partial charge in [0.2, 0.25) is 6.29 Å². The molecule has 0 saturated carbocycles. The third-order valence-corrected chi connectivity index (χ3v) is 2.35. The van der Waals surface area contributed by atoms with Gasteiger partial charge < -0.3 is 14.6 Å². The van der Waals surface area contributed by atoms with E-state index in [1.807, 2.05) is 6.07 Å². The molecule has 0 aliphatic rings. The summed E-state index contributed by atoms with van der Waals surface area (Å²) in [5.41, 5.74) is -0.988. The summed E-state index contributed by atoms with van der Waals surface area (Å²) in [6.45, 7) is 10.5. The van der Waals surface area contributed by atoms with Crippen LogP contribution < -0.4 is 0 Å². The van der Waals surface area contributed by atoms with Crippen LogP contribution in [0.4, 0.5) is 0 Å². The van der Waals surface area contributed by atoms with Gasteiger partial charge in [-0.2, -0.15) is 10.4 Å². The predicted molar refractivity (Wildman–Crippen MR) is 78.8 cm³/mol. The van der Waals surface area contributed by atoms with Crippen LogP contribution in [-0.2, 0) is 16.0 Å². The van der Waals surface area contributed by atoms with E-state index in [-0.39, 0.29) is 17.9 Å². The number of hydrogen-bond acceptors (Lipinski definition) is 6. The zero-order chi connectivity index (χ0) is 17.1. The third-order valence-electron chi connectivity index (χ3n) is 2.35. The summed E-state index contributed by atoms with van der Waals surface area (Å²) in [4.78, 5) is 12.2. The number of nitriles is 1. The maximum absolute atomic E-state index is 12.2. The summed E-state index contributed by atoms with van der Waals surface area (Å²) in [5.74, 6) is -0.607. The minimum atomic E-state index is -1.29. The molecule has 0 aliphatic carbocycles. The minimum Gasteiger partial charge on any atom is -0.455 e. The van der Waals surface area contributed by atoms with Crippen molar-refractivity contribution in [1.82, 2.24) is 9.78 Å². The summed E-state index contributed by atoms with van der Waals surface area (Å²) in [5, 5.41) is 22.9. The van der Waals surface area contributed by atoms with Gasteiger partial charge in [0.05, 0.1) is 11.7 Å². The summed E-state index contributed by atoms with van der Waals surface area (Å²) >= 11 is 0. The van der Waals surface area contributed by atoms with Gasteiger partial charge in [-0.15, -0.1) is 0 Å². The quantitative estimate of drug-likeness (QED) is 0.676. The molecule has 7 heteroatoms. The van der Waals surface area contributed by atoms with Gasteiger partial charge in [-0.25, -0.2) is 9.48 Å². The van der Waals surface area contributed by atoms with Crippen molar-refractivity contribution in [3.8, 4) is 6.07 Å². The number of aliphatic hydroxyl groups excluding tert-OH is 1. The van der Waals surface area contributed by atoms with E-state index in [1.165, 1.54) is 10.7 Å². The summed E-state index contributed by atoms with van der Waals surface area (Å²) in [6, 6.07) is 3.29. The molecular weight excluding hydrogens is 286 g/mol. The monoisotopic (exact) mass is 309 g/mol. The van der Waals surface area contributed by atoms with Crippen LogP contribution in [0.1, 0.15) is 64.0 Å². The molecule has 122 valence electrons. The van der Waals surface area contributed by atoms with Gasteiger partial charge in [-0.05, 0) is 47.6 Å². The molecule has 1 heterocycles. The number of nitrogens with zero attached hydrogens (tertiary/aromatic N) is 3. The maximum atomic E-state index is 12.2. The molecule has 0 aromatic carbocycles. The van der Waals surface area contributed by atoms with E-state index in [9.17, 15) is 9.90 Å². The second-order valence-corrected chi connectivity index (χ2v) is 6.85. The number of carbonyl (C=O) groups is 1. The first-order chi connectivity index (χ1) is 9.93. The van der Waals surface area contributed by atoms with Crippen molar-refractivity contribution in [1.29, 1.82) is 5.26 Å². The van der Waals surface area contributed by atoms with Crippen molar-refractivity contribution in [3.63, 3.8) is 0 Å². The Hall–Kier alpha value is -1.91. The van der Waals surface area contributed by atoms with Gasteiger partial charge in [0.1, 0.15) is 23.5 Å². The molecule has 0 aliphatic heterocycles. The lowest BCUT2D eigenvalue weighted by atomic mass is 10.2. The van der Waals surface area contributed by atoms with E-state index in [0.29, 0.717) is 0 Å². The van der Waals surface area contributed by atoms with E-state index >= 15 is 0 Å². The van der Waals surface area contributed by atoms with Crippen LogP contribution in [0.2, 0.25) is 0 Å². The maximum Gasteiger partial charge on any atom is 0.357 e. The number of hydrogen-bond donors (Lipinski definition) is 1. The molecule has 0 radical (unpaired) electrons. The highest BCUT2D eigenvalue weighted by molar-refractivity contribution is 5.88. The Morgan fingerprint density at radius 2 is 1.95 bits per heavy atom. The second-order valence-electron chi connectivity index (χ2n) is 6.85. The Bertz CT molecular complexity index is 573. The molecule has 1 rings (SSSR count). The van der Waals surface area contributed by atoms with Gasteiger partial charge in [0.15, 0.2) is 0 Å². The van der Waals surface area contributed by atoms with Crippen LogP contribution >= 0.6 is 0 Å². The Labute approximate surface area is 130 Å². The minimum absolute atomic E-state index is 0.100. The largest absolute Gasteiger partial charge is 0.455 e. The Morgan fingerprint density at radius 1 is 1.36 bits per heavy atom. The highest BCUT2D eigenvalue weighted by atomic mass is 16.6. The lowest BCUT2D eigenvalue weighted by Crippen LogP contribution is -2.25. The van der Waals surface area contributed by atoms with Crippen LogP contribution in [-0.4, -0.2) is 32.1 Å². The van der Waals surface area contributed by atoms with Crippen molar-refractivity contribution >= 4 is 5.97 Å². The number of rotatable bonds is 4. The van der Waals surface area contributed by atoms with Crippen molar-refractivity contribution < 1.29 is 19.4 Å². The van der Waals surface area contributed by atoms with Crippen LogP contribution in [0.5, 0.6) is 0 Å². The Kier molecular flexibility index (Phi) is 5.33. The average Bonchev–Trinajstić information content (AvgIpc) is 2.69. The predicted octanol–water partition coefficient (Wildman–Crippen LogP) is 2.17. The first kappa shape index (κ1) is 18.1. The number of aliphatic hydroxyl groups is 1. The topological polar surface area (TPSA) is 97.4 Å². The average molecular weight is 309 g/mol. The zero-order valence-electron chi connectivity index (χ0n) is 13.9. The van der Waals surface area contributed by atoms with Gasteiger partial charge >= 0.3 is 5.97 Å². The summed E-state index contributed by atoms with van der Waals surface area (Å²) in [6.07, 6.45) is -1.29. The Morgan fingerprint density at radius 3 is 2.41 bits per heavy atom. The lowest BCUT2D eigenvalue weighted by Gasteiger charge is -2.22. The van der Waals surface area contributed by atoms with Crippen molar-refractivity contribution in [3.05, 3.63) is 17.5 Å². The molecule has 1 aromatic heterocycles. The van der Waals surface area contributed by atoms with Crippen LogP contribution in [0.25, 0.3) is 0 Å². The molecule has 7 nitrogen and oxygen atoms in total. The van der Waals surface area contributed by atoms with Gasteiger partial charge in [0.25, 0.3) is 0 Å². The molecule has 1 aromatic rings.